The van der Waals surface area contributed by atoms with Crippen LogP contribution in [0.25, 0.3) is 0 Å². The molecule has 2 heteroatoms. The topological polar surface area (TPSA) is 26.0 Å². The number of aryl methyl sites for hydroxylation is 1. The second kappa shape index (κ2) is 3.60. The molecule has 0 aromatic heterocycles. The van der Waals surface area contributed by atoms with Crippen molar-refractivity contribution < 1.29 is 4.99 Å². The smallest absolute Gasteiger partial charge is 0.247 e. The van der Waals surface area contributed by atoms with Gasteiger partial charge in [-0.2, -0.15) is 0 Å². The molecule has 0 atom stereocenters. The minimum absolute atomic E-state index is 1.11. The van der Waals surface area contributed by atoms with E-state index in [-0.39, 0.29) is 0 Å². The maximum absolute atomic E-state index is 3.37. The first kappa shape index (κ1) is 8.30. The Morgan fingerprint density at radius 1 is 1.23 bits per heavy atom. The average molecular weight is 175 g/mol. The van der Waals surface area contributed by atoms with E-state index in [2.05, 4.69) is 41.5 Å². The molecule has 1 heterocycles. The van der Waals surface area contributed by atoms with Crippen molar-refractivity contribution in [3.63, 3.8) is 0 Å². The Morgan fingerprint density at radius 2 is 2.00 bits per heavy atom. The number of hydrogen-bond donors (Lipinski definition) is 2. The van der Waals surface area contributed by atoms with Gasteiger partial charge in [0.15, 0.2) is 0 Å². The summed E-state index contributed by atoms with van der Waals surface area (Å²) in [4.78, 5) is 3.33. The molecule has 2 N–H and O–H groups in total. The Labute approximate surface area is 78.7 Å². The van der Waals surface area contributed by atoms with Gasteiger partial charge in [-0.3, -0.25) is 4.99 Å². The van der Waals surface area contributed by atoms with E-state index in [1.165, 1.54) is 23.5 Å². The molecular formula is C11H15N2+. The van der Waals surface area contributed by atoms with E-state index in [0.717, 1.165) is 13.0 Å². The van der Waals surface area contributed by atoms with Crippen molar-refractivity contribution >= 4 is 11.5 Å². The van der Waals surface area contributed by atoms with Gasteiger partial charge in [-0.05, 0) is 25.5 Å². The number of amidine groups is 1. The van der Waals surface area contributed by atoms with Gasteiger partial charge in [0.25, 0.3) is 0 Å². The lowest BCUT2D eigenvalue weighted by molar-refractivity contribution is -0.447. The first-order chi connectivity index (χ1) is 6.34. The summed E-state index contributed by atoms with van der Waals surface area (Å²) >= 11 is 0. The second-order valence-electron chi connectivity index (χ2n) is 3.50. The molecule has 68 valence electrons. The van der Waals surface area contributed by atoms with Crippen molar-refractivity contribution in [2.75, 3.05) is 11.9 Å². The van der Waals surface area contributed by atoms with Crippen LogP contribution in [-0.4, -0.2) is 12.4 Å². The molecule has 1 aromatic rings. The van der Waals surface area contributed by atoms with E-state index in [9.17, 15) is 0 Å². The Hall–Kier alpha value is -1.31. The van der Waals surface area contributed by atoms with Crippen LogP contribution in [0.15, 0.2) is 24.3 Å². The predicted octanol–water partition coefficient (Wildman–Crippen LogP) is 0.680. The molecular weight excluding hydrogens is 160 g/mol. The van der Waals surface area contributed by atoms with Crippen molar-refractivity contribution in [2.24, 2.45) is 0 Å². The van der Waals surface area contributed by atoms with Crippen LogP contribution in [0.5, 0.6) is 0 Å². The molecule has 1 aliphatic heterocycles. The summed E-state index contributed by atoms with van der Waals surface area (Å²) in [6.45, 7) is 3.21. The lowest BCUT2D eigenvalue weighted by Crippen LogP contribution is -2.70. The van der Waals surface area contributed by atoms with Gasteiger partial charge in [0, 0.05) is 0 Å². The zero-order valence-corrected chi connectivity index (χ0v) is 7.93. The number of anilines is 1. The third kappa shape index (κ3) is 2.08. The normalized spacial score (nSPS) is 15.6. The highest BCUT2D eigenvalue weighted by atomic mass is 15.0. The minimum atomic E-state index is 1.11. The molecule has 2 rings (SSSR count). The van der Waals surface area contributed by atoms with Gasteiger partial charge in [0.1, 0.15) is 5.69 Å². The van der Waals surface area contributed by atoms with E-state index >= 15 is 0 Å². The third-order valence-electron chi connectivity index (χ3n) is 2.29. The number of hydrogen-bond acceptors (Lipinski definition) is 1. The molecule has 0 spiro atoms. The van der Waals surface area contributed by atoms with E-state index in [1.807, 2.05) is 0 Å². The lowest BCUT2D eigenvalue weighted by atomic mass is 10.2. The maximum Gasteiger partial charge on any atom is 0.247 e. The minimum Gasteiger partial charge on any atom is -0.278 e. The Balaban J connectivity index is 2.05. The number of nitrogens with one attached hydrogen (secondary N) is 2. The predicted molar refractivity (Wildman–Crippen MR) is 54.9 cm³/mol. The summed E-state index contributed by atoms with van der Waals surface area (Å²) in [5.74, 6) is 1.25. The molecule has 0 saturated heterocycles. The lowest BCUT2D eigenvalue weighted by Gasteiger charge is -1.98. The first-order valence-electron chi connectivity index (χ1n) is 4.78. The van der Waals surface area contributed by atoms with Gasteiger partial charge >= 0.3 is 0 Å². The monoisotopic (exact) mass is 175 g/mol. The van der Waals surface area contributed by atoms with Crippen LogP contribution in [0.3, 0.4) is 0 Å². The Bertz CT molecular complexity index is 311. The fraction of sp³-hybridized carbons (Fsp3) is 0.364. The van der Waals surface area contributed by atoms with Crippen LogP contribution in [0.2, 0.25) is 0 Å². The van der Waals surface area contributed by atoms with Crippen molar-refractivity contribution in [1.82, 2.24) is 0 Å². The largest absolute Gasteiger partial charge is 0.278 e. The van der Waals surface area contributed by atoms with Crippen LogP contribution in [0.4, 0.5) is 5.69 Å². The van der Waals surface area contributed by atoms with Crippen LogP contribution in [-0.2, 0) is 0 Å². The summed E-state index contributed by atoms with van der Waals surface area (Å²) in [5.41, 5.74) is 2.48. The van der Waals surface area contributed by atoms with E-state index in [4.69, 9.17) is 0 Å². The zero-order chi connectivity index (χ0) is 9.10. The van der Waals surface area contributed by atoms with Gasteiger partial charge in [0.2, 0.25) is 5.84 Å². The van der Waals surface area contributed by atoms with Gasteiger partial charge in [-0.25, -0.2) is 5.32 Å². The van der Waals surface area contributed by atoms with Gasteiger partial charge in [0.05, 0.1) is 13.0 Å². The zero-order valence-electron chi connectivity index (χ0n) is 7.93. The molecule has 0 bridgehead atoms. The molecule has 0 fully saturated rings. The standard InChI is InChI=1S/C11H14N2/c1-9-4-6-10(7-5-9)13-11-3-2-8-12-11/h4-7H,2-3,8H2,1H3,(H,12,13)/p+1. The summed E-state index contributed by atoms with van der Waals surface area (Å²) < 4.78 is 0. The molecule has 0 amide bonds. The summed E-state index contributed by atoms with van der Waals surface area (Å²) in [7, 11) is 0. The molecule has 1 aliphatic rings. The van der Waals surface area contributed by atoms with E-state index in [1.54, 1.807) is 0 Å². The molecule has 0 radical (unpaired) electrons. The van der Waals surface area contributed by atoms with Gasteiger partial charge in [-0.15, -0.1) is 0 Å². The van der Waals surface area contributed by atoms with Crippen LogP contribution in [0, 0.1) is 6.92 Å². The number of rotatable bonds is 1. The van der Waals surface area contributed by atoms with Crippen LogP contribution < -0.4 is 10.3 Å². The van der Waals surface area contributed by atoms with E-state index in [0.29, 0.717) is 0 Å². The van der Waals surface area contributed by atoms with Crippen molar-refractivity contribution in [3.8, 4) is 0 Å². The van der Waals surface area contributed by atoms with Crippen molar-refractivity contribution in [1.29, 1.82) is 0 Å². The average Bonchev–Trinajstić information content (AvgIpc) is 2.62. The molecule has 0 unspecified atom stereocenters. The van der Waals surface area contributed by atoms with E-state index < -0.39 is 0 Å². The molecule has 0 aliphatic carbocycles. The van der Waals surface area contributed by atoms with Gasteiger partial charge < -0.3 is 0 Å². The molecule has 0 saturated carbocycles. The van der Waals surface area contributed by atoms with Crippen LogP contribution in [0.1, 0.15) is 18.4 Å². The molecule has 2 nitrogen and oxygen atoms in total. The van der Waals surface area contributed by atoms with Crippen molar-refractivity contribution in [3.05, 3.63) is 29.8 Å². The molecule has 1 aromatic carbocycles. The van der Waals surface area contributed by atoms with Crippen molar-refractivity contribution in [2.45, 2.75) is 19.8 Å². The quantitative estimate of drug-likeness (QED) is 0.645. The Morgan fingerprint density at radius 3 is 2.62 bits per heavy atom. The summed E-state index contributed by atoms with van der Waals surface area (Å²) in [6, 6.07) is 8.47. The molecule has 13 heavy (non-hydrogen) atoms. The number of benzene rings is 1. The Kier molecular flexibility index (Phi) is 2.30. The maximum atomic E-state index is 3.37. The third-order valence-corrected chi connectivity index (χ3v) is 2.29. The fourth-order valence-corrected chi connectivity index (χ4v) is 1.51. The van der Waals surface area contributed by atoms with Crippen LogP contribution >= 0.6 is 0 Å². The summed E-state index contributed by atoms with van der Waals surface area (Å²) in [6.07, 6.45) is 2.39. The highest BCUT2D eigenvalue weighted by molar-refractivity contribution is 5.91. The second-order valence-corrected chi connectivity index (χ2v) is 3.50. The SMILES string of the molecule is Cc1ccc(NC2=[NH+]CCC2)cc1. The fourth-order valence-electron chi connectivity index (χ4n) is 1.51. The highest BCUT2D eigenvalue weighted by Crippen LogP contribution is 2.08. The first-order valence-corrected chi connectivity index (χ1v) is 4.78. The van der Waals surface area contributed by atoms with Gasteiger partial charge in [-0.1, -0.05) is 17.7 Å². The highest BCUT2D eigenvalue weighted by Gasteiger charge is 2.12. The summed E-state index contributed by atoms with van der Waals surface area (Å²) in [5, 5.41) is 3.37.